The van der Waals surface area contributed by atoms with Crippen LogP contribution in [0.1, 0.15) is 12.5 Å². The quantitative estimate of drug-likeness (QED) is 0.750. The first kappa shape index (κ1) is 13.7. The number of aliphatic hydroxyl groups is 1. The molecule has 2 nitrogen and oxygen atoms in total. The molecular formula is C19H19NO. The smallest absolute Gasteiger partial charge is 0.104 e. The minimum Gasteiger partial charge on any atom is -0.384 e. The second kappa shape index (κ2) is 5.58. The summed E-state index contributed by atoms with van der Waals surface area (Å²) in [6.45, 7) is 2.30. The molecule has 0 amide bonds. The Morgan fingerprint density at radius 2 is 1.52 bits per heavy atom. The molecule has 0 fully saturated rings. The van der Waals surface area contributed by atoms with Crippen molar-refractivity contribution in [3.05, 3.63) is 78.4 Å². The van der Waals surface area contributed by atoms with Crippen LogP contribution in [-0.4, -0.2) is 11.7 Å². The Hall–Kier alpha value is -2.32. The Kier molecular flexibility index (Phi) is 3.63. The van der Waals surface area contributed by atoms with Gasteiger partial charge in [0, 0.05) is 12.2 Å². The molecule has 0 aromatic heterocycles. The molecule has 1 unspecified atom stereocenters. The normalized spacial score (nSPS) is 13.8. The van der Waals surface area contributed by atoms with E-state index < -0.39 is 5.60 Å². The molecule has 3 aromatic carbocycles. The molecule has 2 heteroatoms. The maximum atomic E-state index is 10.6. The van der Waals surface area contributed by atoms with Gasteiger partial charge in [-0.2, -0.15) is 0 Å². The highest BCUT2D eigenvalue weighted by atomic mass is 16.3. The van der Waals surface area contributed by atoms with Gasteiger partial charge in [-0.15, -0.1) is 0 Å². The third-order valence-electron chi connectivity index (χ3n) is 3.78. The Labute approximate surface area is 125 Å². The Balaban J connectivity index is 1.77. The summed E-state index contributed by atoms with van der Waals surface area (Å²) in [6.07, 6.45) is 0. The molecule has 1 atom stereocenters. The van der Waals surface area contributed by atoms with Crippen molar-refractivity contribution in [1.82, 2.24) is 0 Å². The summed E-state index contributed by atoms with van der Waals surface area (Å²) in [7, 11) is 0. The lowest BCUT2D eigenvalue weighted by Crippen LogP contribution is -2.30. The van der Waals surface area contributed by atoms with Crippen molar-refractivity contribution in [2.75, 3.05) is 11.9 Å². The fourth-order valence-corrected chi connectivity index (χ4v) is 2.47. The molecule has 0 aliphatic carbocycles. The van der Waals surface area contributed by atoms with Crippen LogP contribution in [0.2, 0.25) is 0 Å². The number of nitrogens with one attached hydrogen (secondary N) is 1. The highest BCUT2D eigenvalue weighted by Gasteiger charge is 2.22. The minimum absolute atomic E-state index is 0.468. The second-order valence-corrected chi connectivity index (χ2v) is 5.56. The van der Waals surface area contributed by atoms with Crippen molar-refractivity contribution < 1.29 is 5.11 Å². The van der Waals surface area contributed by atoms with Gasteiger partial charge in [-0.25, -0.2) is 0 Å². The number of hydrogen-bond acceptors (Lipinski definition) is 2. The van der Waals surface area contributed by atoms with Crippen molar-refractivity contribution in [2.24, 2.45) is 0 Å². The summed E-state index contributed by atoms with van der Waals surface area (Å²) in [6, 6.07) is 24.2. The van der Waals surface area contributed by atoms with E-state index in [4.69, 9.17) is 0 Å². The van der Waals surface area contributed by atoms with Gasteiger partial charge in [0.05, 0.1) is 0 Å². The zero-order chi connectivity index (χ0) is 14.7. The first-order chi connectivity index (χ1) is 10.1. The summed E-state index contributed by atoms with van der Waals surface area (Å²) in [4.78, 5) is 0. The van der Waals surface area contributed by atoms with Gasteiger partial charge in [0.25, 0.3) is 0 Å². The van der Waals surface area contributed by atoms with E-state index in [0.29, 0.717) is 6.54 Å². The molecule has 0 bridgehead atoms. The highest BCUT2D eigenvalue weighted by Crippen LogP contribution is 2.23. The topological polar surface area (TPSA) is 32.3 Å². The summed E-state index contributed by atoms with van der Waals surface area (Å²) < 4.78 is 0. The summed E-state index contributed by atoms with van der Waals surface area (Å²) in [5.41, 5.74) is 1.04. The highest BCUT2D eigenvalue weighted by molar-refractivity contribution is 5.85. The molecule has 106 valence electrons. The number of benzene rings is 3. The SMILES string of the molecule is CC(O)(CNc1ccc2ccccc2c1)c1ccccc1. The van der Waals surface area contributed by atoms with Crippen LogP contribution >= 0.6 is 0 Å². The lowest BCUT2D eigenvalue weighted by molar-refractivity contribution is 0.0715. The molecule has 0 radical (unpaired) electrons. The largest absolute Gasteiger partial charge is 0.384 e. The maximum absolute atomic E-state index is 10.6. The first-order valence-corrected chi connectivity index (χ1v) is 7.16. The van der Waals surface area contributed by atoms with Crippen LogP contribution in [-0.2, 0) is 5.60 Å². The van der Waals surface area contributed by atoms with Crippen LogP contribution in [0.4, 0.5) is 5.69 Å². The molecule has 3 aromatic rings. The van der Waals surface area contributed by atoms with Gasteiger partial charge in [0.15, 0.2) is 0 Å². The van der Waals surface area contributed by atoms with Crippen LogP contribution in [0.15, 0.2) is 72.8 Å². The number of rotatable bonds is 4. The van der Waals surface area contributed by atoms with E-state index in [1.54, 1.807) is 0 Å². The van der Waals surface area contributed by atoms with Gasteiger partial charge in [-0.05, 0) is 35.4 Å². The maximum Gasteiger partial charge on any atom is 0.104 e. The standard InChI is InChI=1S/C19H19NO/c1-19(21,17-9-3-2-4-10-17)14-20-18-12-11-15-7-5-6-8-16(15)13-18/h2-13,20-21H,14H2,1H3. The van der Waals surface area contributed by atoms with Crippen molar-refractivity contribution in [3.63, 3.8) is 0 Å². The van der Waals surface area contributed by atoms with Crippen LogP contribution in [0, 0.1) is 0 Å². The zero-order valence-corrected chi connectivity index (χ0v) is 12.1. The van der Waals surface area contributed by atoms with Gasteiger partial charge < -0.3 is 10.4 Å². The van der Waals surface area contributed by atoms with E-state index in [-0.39, 0.29) is 0 Å². The molecule has 0 aliphatic rings. The molecule has 0 aliphatic heterocycles. The van der Waals surface area contributed by atoms with Crippen molar-refractivity contribution in [2.45, 2.75) is 12.5 Å². The fourth-order valence-electron chi connectivity index (χ4n) is 2.47. The van der Waals surface area contributed by atoms with Crippen LogP contribution in [0.25, 0.3) is 10.8 Å². The summed E-state index contributed by atoms with van der Waals surface area (Å²) in [5, 5.41) is 16.3. The number of fused-ring (bicyclic) bond motifs is 1. The van der Waals surface area contributed by atoms with Crippen LogP contribution in [0.3, 0.4) is 0 Å². The molecule has 2 N–H and O–H groups in total. The average Bonchev–Trinajstić information content (AvgIpc) is 2.54. The van der Waals surface area contributed by atoms with E-state index >= 15 is 0 Å². The Morgan fingerprint density at radius 1 is 0.857 bits per heavy atom. The third kappa shape index (κ3) is 3.06. The third-order valence-corrected chi connectivity index (χ3v) is 3.78. The van der Waals surface area contributed by atoms with E-state index in [1.807, 2.05) is 55.5 Å². The number of anilines is 1. The fraction of sp³-hybridized carbons (Fsp3) is 0.158. The molecular weight excluding hydrogens is 258 g/mol. The molecule has 3 rings (SSSR count). The van der Waals surface area contributed by atoms with Crippen molar-refractivity contribution in [1.29, 1.82) is 0 Å². The van der Waals surface area contributed by atoms with Gasteiger partial charge in [-0.3, -0.25) is 0 Å². The van der Waals surface area contributed by atoms with Crippen molar-refractivity contribution in [3.8, 4) is 0 Å². The predicted octanol–water partition coefficient (Wildman–Crippen LogP) is 4.16. The molecule has 21 heavy (non-hydrogen) atoms. The van der Waals surface area contributed by atoms with Gasteiger partial charge in [-0.1, -0.05) is 60.7 Å². The lowest BCUT2D eigenvalue weighted by atomic mass is 9.96. The Morgan fingerprint density at radius 3 is 2.29 bits per heavy atom. The first-order valence-electron chi connectivity index (χ1n) is 7.16. The minimum atomic E-state index is -0.896. The molecule has 0 heterocycles. The second-order valence-electron chi connectivity index (χ2n) is 5.56. The van der Waals surface area contributed by atoms with E-state index in [1.165, 1.54) is 10.8 Å². The van der Waals surface area contributed by atoms with E-state index in [9.17, 15) is 5.11 Å². The monoisotopic (exact) mass is 277 g/mol. The summed E-state index contributed by atoms with van der Waals surface area (Å²) >= 11 is 0. The van der Waals surface area contributed by atoms with Gasteiger partial charge >= 0.3 is 0 Å². The number of hydrogen-bond donors (Lipinski definition) is 2. The van der Waals surface area contributed by atoms with E-state index in [0.717, 1.165) is 11.3 Å². The van der Waals surface area contributed by atoms with E-state index in [2.05, 4.69) is 29.6 Å². The molecule has 0 saturated carbocycles. The molecule has 0 saturated heterocycles. The average molecular weight is 277 g/mol. The van der Waals surface area contributed by atoms with Crippen LogP contribution in [0.5, 0.6) is 0 Å². The summed E-state index contributed by atoms with van der Waals surface area (Å²) in [5.74, 6) is 0. The molecule has 0 spiro atoms. The van der Waals surface area contributed by atoms with Crippen molar-refractivity contribution >= 4 is 16.5 Å². The van der Waals surface area contributed by atoms with Crippen LogP contribution < -0.4 is 5.32 Å². The zero-order valence-electron chi connectivity index (χ0n) is 12.1. The van der Waals surface area contributed by atoms with Gasteiger partial charge in [0.2, 0.25) is 0 Å². The Bertz CT molecular complexity index is 735. The predicted molar refractivity (Wildman–Crippen MR) is 88.5 cm³/mol. The van der Waals surface area contributed by atoms with Gasteiger partial charge in [0.1, 0.15) is 5.60 Å². The lowest BCUT2D eigenvalue weighted by Gasteiger charge is -2.25.